The molecule has 1 rings (SSSR count). The lowest BCUT2D eigenvalue weighted by Crippen LogP contribution is -2.38. The Morgan fingerprint density at radius 1 is 1.53 bits per heavy atom. The number of thioether (sulfide) groups is 1. The van der Waals surface area contributed by atoms with E-state index in [0.717, 1.165) is 5.75 Å². The minimum absolute atomic E-state index is 0.306. The summed E-state index contributed by atoms with van der Waals surface area (Å²) >= 11 is 1.42. The number of rotatable bonds is 2. The lowest BCUT2D eigenvalue weighted by molar-refractivity contribution is -0.123. The van der Waals surface area contributed by atoms with E-state index in [1.165, 1.54) is 11.8 Å². The summed E-state index contributed by atoms with van der Waals surface area (Å²) in [5, 5.41) is 21.0. The molecule has 1 aliphatic heterocycles. The van der Waals surface area contributed by atoms with Crippen LogP contribution in [0.25, 0.3) is 0 Å². The van der Waals surface area contributed by atoms with Crippen LogP contribution >= 0.6 is 11.8 Å². The molecule has 15 heavy (non-hydrogen) atoms. The summed E-state index contributed by atoms with van der Waals surface area (Å²) in [6.45, 7) is 3.68. The van der Waals surface area contributed by atoms with Crippen LogP contribution < -0.4 is 5.32 Å². The molecule has 0 aromatic heterocycles. The van der Waals surface area contributed by atoms with Crippen molar-refractivity contribution in [1.29, 1.82) is 10.5 Å². The molecule has 0 aromatic carbocycles. The van der Waals surface area contributed by atoms with E-state index < -0.39 is 5.92 Å². The van der Waals surface area contributed by atoms with Crippen LogP contribution in [0.3, 0.4) is 0 Å². The van der Waals surface area contributed by atoms with E-state index in [1.54, 1.807) is 6.92 Å². The molecule has 0 aromatic rings. The third-order valence-electron chi connectivity index (χ3n) is 2.27. The van der Waals surface area contributed by atoms with Gasteiger partial charge in [-0.3, -0.25) is 4.79 Å². The molecule has 4 nitrogen and oxygen atoms in total. The molecule has 1 amide bonds. The van der Waals surface area contributed by atoms with Crippen molar-refractivity contribution < 1.29 is 4.79 Å². The maximum atomic E-state index is 11.5. The quantitative estimate of drug-likeness (QED) is 0.764. The van der Waals surface area contributed by atoms with Crippen molar-refractivity contribution in [2.24, 2.45) is 11.8 Å². The van der Waals surface area contributed by atoms with E-state index >= 15 is 0 Å². The molecule has 78 valence electrons. The van der Waals surface area contributed by atoms with E-state index in [9.17, 15) is 4.79 Å². The molecule has 0 unspecified atom stereocenters. The van der Waals surface area contributed by atoms with Gasteiger partial charge < -0.3 is 5.32 Å². The summed E-state index contributed by atoms with van der Waals surface area (Å²) < 4.78 is 0. The molecular formula is C10H11N3OS. The highest BCUT2D eigenvalue weighted by Crippen LogP contribution is 2.31. The number of allylic oxidation sites excluding steroid dienone is 1. The fourth-order valence-corrected chi connectivity index (χ4v) is 2.29. The van der Waals surface area contributed by atoms with Crippen LogP contribution in [-0.2, 0) is 4.79 Å². The van der Waals surface area contributed by atoms with Crippen molar-refractivity contribution in [2.75, 3.05) is 5.75 Å². The van der Waals surface area contributed by atoms with Gasteiger partial charge in [-0.1, -0.05) is 13.8 Å². The molecule has 0 saturated heterocycles. The topological polar surface area (TPSA) is 76.7 Å². The van der Waals surface area contributed by atoms with Crippen LogP contribution in [0.1, 0.15) is 13.8 Å². The number of hydrogen-bond acceptors (Lipinski definition) is 4. The Bertz CT molecular complexity index is 388. The summed E-state index contributed by atoms with van der Waals surface area (Å²) in [5.41, 5.74) is 0.507. The van der Waals surface area contributed by atoms with Crippen LogP contribution in [0, 0.1) is 34.5 Å². The zero-order valence-electron chi connectivity index (χ0n) is 8.57. The van der Waals surface area contributed by atoms with Gasteiger partial charge in [0.05, 0.1) is 22.7 Å². The average molecular weight is 221 g/mol. The predicted molar refractivity (Wildman–Crippen MR) is 57.2 cm³/mol. The predicted octanol–water partition coefficient (Wildman–Crippen LogP) is 1.38. The number of nitrogens with one attached hydrogen (secondary N) is 1. The highest BCUT2D eigenvalue weighted by Gasteiger charge is 2.34. The summed E-state index contributed by atoms with van der Waals surface area (Å²) in [6.07, 6.45) is 0. The zero-order valence-corrected chi connectivity index (χ0v) is 9.39. The van der Waals surface area contributed by atoms with Crippen molar-refractivity contribution in [1.82, 2.24) is 5.32 Å². The van der Waals surface area contributed by atoms with Crippen molar-refractivity contribution in [3.63, 3.8) is 0 Å². The summed E-state index contributed by atoms with van der Waals surface area (Å²) in [5.74, 6) is -0.589. The minimum Gasteiger partial charge on any atom is -0.319 e. The molecule has 0 fully saturated rings. The first-order valence-corrected chi connectivity index (χ1v) is 5.61. The first-order valence-electron chi connectivity index (χ1n) is 4.63. The highest BCUT2D eigenvalue weighted by molar-refractivity contribution is 8.03. The number of nitrogens with zero attached hydrogens (tertiary/aromatic N) is 2. The maximum absolute atomic E-state index is 11.5. The Morgan fingerprint density at radius 2 is 2.20 bits per heavy atom. The molecule has 1 aliphatic rings. The number of carbonyl (C=O) groups excluding carboxylic acids is 1. The van der Waals surface area contributed by atoms with Crippen molar-refractivity contribution in [2.45, 2.75) is 13.8 Å². The van der Waals surface area contributed by atoms with Gasteiger partial charge in [0.2, 0.25) is 5.91 Å². The second-order valence-corrected chi connectivity index (χ2v) is 4.45. The third kappa shape index (κ3) is 2.14. The number of nitriles is 2. The van der Waals surface area contributed by atoms with Gasteiger partial charge in [0.25, 0.3) is 0 Å². The van der Waals surface area contributed by atoms with E-state index in [2.05, 4.69) is 11.4 Å². The third-order valence-corrected chi connectivity index (χ3v) is 3.17. The smallest absolute Gasteiger partial charge is 0.242 e. The molecule has 0 bridgehead atoms. The van der Waals surface area contributed by atoms with E-state index in [1.807, 2.05) is 13.0 Å². The molecule has 0 radical (unpaired) electrons. The zero-order chi connectivity index (χ0) is 11.4. The maximum Gasteiger partial charge on any atom is 0.242 e. The number of hydrogen-bond donors (Lipinski definition) is 1. The first-order chi connectivity index (χ1) is 7.15. The molecule has 2 atom stereocenters. The second-order valence-electron chi connectivity index (χ2n) is 3.17. The van der Waals surface area contributed by atoms with Crippen LogP contribution in [-0.4, -0.2) is 11.7 Å². The van der Waals surface area contributed by atoms with Crippen LogP contribution in [0.15, 0.2) is 10.6 Å². The summed E-state index contributed by atoms with van der Waals surface area (Å²) in [7, 11) is 0. The minimum atomic E-state index is -0.749. The fraction of sp³-hybridized carbons (Fsp3) is 0.500. The molecule has 1 heterocycles. The van der Waals surface area contributed by atoms with Gasteiger partial charge in [0.15, 0.2) is 0 Å². The van der Waals surface area contributed by atoms with E-state index in [0.29, 0.717) is 10.6 Å². The van der Waals surface area contributed by atoms with Crippen molar-refractivity contribution >= 4 is 17.7 Å². The molecule has 1 N–H and O–H groups in total. The van der Waals surface area contributed by atoms with Gasteiger partial charge in [-0.2, -0.15) is 10.5 Å². The molecule has 5 heteroatoms. The monoisotopic (exact) mass is 221 g/mol. The number of amides is 1. The van der Waals surface area contributed by atoms with Crippen LogP contribution in [0.4, 0.5) is 0 Å². The second kappa shape index (κ2) is 4.86. The van der Waals surface area contributed by atoms with Crippen LogP contribution in [0.2, 0.25) is 0 Å². The molecule has 0 aliphatic carbocycles. The molecular weight excluding hydrogens is 210 g/mol. The van der Waals surface area contributed by atoms with Gasteiger partial charge in [0.1, 0.15) is 5.92 Å². The molecule has 0 saturated carbocycles. The van der Waals surface area contributed by atoms with Gasteiger partial charge in [-0.25, -0.2) is 0 Å². The Kier molecular flexibility index (Phi) is 3.76. The van der Waals surface area contributed by atoms with E-state index in [-0.39, 0.29) is 11.8 Å². The average Bonchev–Trinajstić information content (AvgIpc) is 2.19. The van der Waals surface area contributed by atoms with Gasteiger partial charge in [-0.15, -0.1) is 11.8 Å². The Morgan fingerprint density at radius 3 is 2.67 bits per heavy atom. The normalized spacial score (nSPS) is 25.5. The molecule has 0 spiro atoms. The SMILES string of the molecule is CCSC1=C(C#N)[C@H](C)[C@@H](C#N)C(=O)N1. The van der Waals surface area contributed by atoms with Crippen LogP contribution in [0.5, 0.6) is 0 Å². The number of carbonyl (C=O) groups is 1. The Hall–Kier alpha value is -1.46. The van der Waals surface area contributed by atoms with Gasteiger partial charge in [0, 0.05) is 5.92 Å². The first kappa shape index (κ1) is 11.6. The standard InChI is InChI=1S/C10H11N3OS/c1-3-15-10-8(5-12)6(2)7(4-11)9(14)13-10/h6-7H,3H2,1-2H3,(H,13,14)/t6-,7-/m1/s1. The Labute approximate surface area is 92.9 Å². The van der Waals surface area contributed by atoms with Gasteiger partial charge in [-0.05, 0) is 5.75 Å². The largest absolute Gasteiger partial charge is 0.319 e. The summed E-state index contributed by atoms with van der Waals surface area (Å²) in [6, 6.07) is 3.99. The van der Waals surface area contributed by atoms with Gasteiger partial charge >= 0.3 is 0 Å². The van der Waals surface area contributed by atoms with Crippen molar-refractivity contribution in [3.05, 3.63) is 10.6 Å². The summed E-state index contributed by atoms with van der Waals surface area (Å²) in [4.78, 5) is 11.5. The fourth-order valence-electron chi connectivity index (χ4n) is 1.44. The lowest BCUT2D eigenvalue weighted by Gasteiger charge is -2.25. The lowest BCUT2D eigenvalue weighted by atomic mass is 9.86. The van der Waals surface area contributed by atoms with E-state index in [4.69, 9.17) is 10.5 Å². The highest BCUT2D eigenvalue weighted by atomic mass is 32.2. The van der Waals surface area contributed by atoms with Crippen molar-refractivity contribution in [3.8, 4) is 12.1 Å². The Balaban J connectivity index is 3.10.